The van der Waals surface area contributed by atoms with Crippen molar-refractivity contribution in [2.75, 3.05) is 12.0 Å². The zero-order valence-corrected chi connectivity index (χ0v) is 6.72. The molecule has 0 aliphatic heterocycles. The summed E-state index contributed by atoms with van der Waals surface area (Å²) < 4.78 is 0. The van der Waals surface area contributed by atoms with Gasteiger partial charge in [0.25, 0.3) is 0 Å². The van der Waals surface area contributed by atoms with E-state index >= 15 is 0 Å². The molecule has 0 atom stereocenters. The number of nitrogens with zero attached hydrogens (tertiary/aromatic N) is 3. The molecule has 56 valence electrons. The Bertz CT molecular complexity index is 304. The van der Waals surface area contributed by atoms with Crippen LogP contribution in [0.4, 0.5) is 11.5 Å². The minimum absolute atomic E-state index is 0.249. The molecule has 1 heterocycles. The number of rotatable bonds is 1. The second-order valence-electron chi connectivity index (χ2n) is 1.74. The van der Waals surface area contributed by atoms with E-state index in [1.807, 2.05) is 6.26 Å². The van der Waals surface area contributed by atoms with Crippen molar-refractivity contribution in [1.82, 2.24) is 9.97 Å². The van der Waals surface area contributed by atoms with E-state index in [-0.39, 0.29) is 5.82 Å². The molecule has 0 aromatic carbocycles. The maximum Gasteiger partial charge on any atom is 0.245 e. The first kappa shape index (κ1) is 7.82. The van der Waals surface area contributed by atoms with Crippen LogP contribution in [0.5, 0.6) is 0 Å². The number of aromatic nitrogens is 2. The van der Waals surface area contributed by atoms with Gasteiger partial charge in [-0.3, -0.25) is 0 Å². The van der Waals surface area contributed by atoms with Gasteiger partial charge in [0.1, 0.15) is 5.82 Å². The molecule has 5 heteroatoms. The Labute approximate surface area is 68.7 Å². The average molecular weight is 166 g/mol. The van der Waals surface area contributed by atoms with Gasteiger partial charge in [0, 0.05) is 6.20 Å². The van der Waals surface area contributed by atoms with Gasteiger partial charge in [-0.2, -0.15) is 0 Å². The largest absolute Gasteiger partial charge is 0.392 e. The van der Waals surface area contributed by atoms with Crippen molar-refractivity contribution in [3.63, 3.8) is 0 Å². The average Bonchev–Trinajstić information content (AvgIpc) is 2.04. The fourth-order valence-electron chi connectivity index (χ4n) is 0.556. The van der Waals surface area contributed by atoms with Crippen LogP contribution in [0.3, 0.4) is 0 Å². The summed E-state index contributed by atoms with van der Waals surface area (Å²) >= 11 is 1.40. The van der Waals surface area contributed by atoms with Gasteiger partial charge in [-0.05, 0) is 6.26 Å². The molecule has 0 fully saturated rings. The van der Waals surface area contributed by atoms with E-state index in [4.69, 9.17) is 12.3 Å². The number of nitrogens with two attached hydrogens (primary N) is 1. The molecule has 1 rings (SSSR count). The quantitative estimate of drug-likeness (QED) is 0.388. The normalized spacial score (nSPS) is 9.09. The molecule has 0 spiro atoms. The second-order valence-corrected chi connectivity index (χ2v) is 2.51. The molecule has 0 unspecified atom stereocenters. The first-order valence-corrected chi connectivity index (χ1v) is 4.04. The molecular formula is C6H6N4S. The van der Waals surface area contributed by atoms with Crippen molar-refractivity contribution in [2.24, 2.45) is 0 Å². The SMILES string of the molecule is [C-]#[N+]c1cnc(SC)nc1N. The molecule has 2 N–H and O–H groups in total. The maximum absolute atomic E-state index is 6.67. The summed E-state index contributed by atoms with van der Waals surface area (Å²) in [6.07, 6.45) is 3.29. The Kier molecular flexibility index (Phi) is 2.28. The van der Waals surface area contributed by atoms with Gasteiger partial charge in [-0.15, -0.1) is 0 Å². The molecule has 0 aliphatic carbocycles. The Balaban J connectivity index is 3.12. The predicted molar refractivity (Wildman–Crippen MR) is 44.5 cm³/mol. The van der Waals surface area contributed by atoms with Gasteiger partial charge in [-0.25, -0.2) is 14.8 Å². The first-order chi connectivity index (χ1) is 5.27. The van der Waals surface area contributed by atoms with Gasteiger partial charge in [-0.1, -0.05) is 11.8 Å². The molecule has 4 nitrogen and oxygen atoms in total. The first-order valence-electron chi connectivity index (χ1n) is 2.82. The van der Waals surface area contributed by atoms with Crippen LogP contribution >= 0.6 is 11.8 Å². The summed E-state index contributed by atoms with van der Waals surface area (Å²) in [5.74, 6) is 0.249. The third kappa shape index (κ3) is 1.59. The number of anilines is 1. The van der Waals surface area contributed by atoms with E-state index in [1.54, 1.807) is 0 Å². The summed E-state index contributed by atoms with van der Waals surface area (Å²) in [6.45, 7) is 6.67. The van der Waals surface area contributed by atoms with E-state index in [0.717, 1.165) is 0 Å². The molecule has 0 amide bonds. The summed E-state index contributed by atoms with van der Waals surface area (Å²) in [5, 5.41) is 0.593. The molecule has 0 saturated carbocycles. The van der Waals surface area contributed by atoms with Crippen LogP contribution in [-0.2, 0) is 0 Å². The number of thioether (sulfide) groups is 1. The minimum atomic E-state index is 0.249. The van der Waals surface area contributed by atoms with Crippen LogP contribution in [0.2, 0.25) is 0 Å². The highest BCUT2D eigenvalue weighted by Gasteiger charge is 2.01. The Morgan fingerprint density at radius 3 is 2.91 bits per heavy atom. The Hall–Kier alpha value is -1.28. The molecule has 0 saturated heterocycles. The van der Waals surface area contributed by atoms with Crippen LogP contribution in [0.1, 0.15) is 0 Å². The van der Waals surface area contributed by atoms with Gasteiger partial charge >= 0.3 is 0 Å². The number of hydrogen-bond acceptors (Lipinski definition) is 4. The van der Waals surface area contributed by atoms with Crippen molar-refractivity contribution in [2.45, 2.75) is 5.16 Å². The molecule has 0 bridgehead atoms. The lowest BCUT2D eigenvalue weighted by atomic mass is 10.5. The Morgan fingerprint density at radius 1 is 1.73 bits per heavy atom. The van der Waals surface area contributed by atoms with E-state index in [2.05, 4.69) is 14.8 Å². The lowest BCUT2D eigenvalue weighted by Gasteiger charge is -1.96. The molecule has 0 radical (unpaired) electrons. The third-order valence-corrected chi connectivity index (χ3v) is 1.64. The highest BCUT2D eigenvalue weighted by atomic mass is 32.2. The molecule has 1 aromatic heterocycles. The standard InChI is InChI=1S/C6H6N4S/c1-8-4-3-9-6(11-2)10-5(4)7/h3H,2H3,(H2,7,9,10). The molecule has 0 aliphatic rings. The van der Waals surface area contributed by atoms with Crippen LogP contribution < -0.4 is 5.73 Å². The van der Waals surface area contributed by atoms with Gasteiger partial charge in [0.2, 0.25) is 5.69 Å². The van der Waals surface area contributed by atoms with E-state index < -0.39 is 0 Å². The van der Waals surface area contributed by atoms with Crippen LogP contribution in [0.15, 0.2) is 11.4 Å². The summed E-state index contributed by atoms with van der Waals surface area (Å²) in [4.78, 5) is 10.9. The molecular weight excluding hydrogens is 160 g/mol. The minimum Gasteiger partial charge on any atom is -0.392 e. The summed E-state index contributed by atoms with van der Waals surface area (Å²) in [6, 6.07) is 0. The van der Waals surface area contributed by atoms with E-state index in [1.165, 1.54) is 18.0 Å². The van der Waals surface area contributed by atoms with Gasteiger partial charge in [0.05, 0.1) is 6.57 Å². The van der Waals surface area contributed by atoms with Crippen molar-refractivity contribution in [3.05, 3.63) is 17.6 Å². The summed E-state index contributed by atoms with van der Waals surface area (Å²) in [7, 11) is 0. The zero-order valence-electron chi connectivity index (χ0n) is 5.90. The monoisotopic (exact) mass is 166 g/mol. The predicted octanol–water partition coefficient (Wildman–Crippen LogP) is 1.33. The summed E-state index contributed by atoms with van der Waals surface area (Å²) in [5.41, 5.74) is 5.74. The smallest absolute Gasteiger partial charge is 0.245 e. The second kappa shape index (κ2) is 3.21. The van der Waals surface area contributed by atoms with Crippen LogP contribution in [0, 0.1) is 6.57 Å². The maximum atomic E-state index is 6.67. The van der Waals surface area contributed by atoms with Gasteiger partial charge in [0.15, 0.2) is 5.16 Å². The van der Waals surface area contributed by atoms with Crippen molar-refractivity contribution < 1.29 is 0 Å². The zero-order chi connectivity index (χ0) is 8.27. The van der Waals surface area contributed by atoms with Crippen molar-refractivity contribution >= 4 is 23.3 Å². The van der Waals surface area contributed by atoms with Crippen LogP contribution in [-0.4, -0.2) is 16.2 Å². The lowest BCUT2D eigenvalue weighted by molar-refractivity contribution is 0.985. The third-order valence-electron chi connectivity index (χ3n) is 1.08. The highest BCUT2D eigenvalue weighted by Crippen LogP contribution is 2.20. The molecule has 1 aromatic rings. The topological polar surface area (TPSA) is 56.2 Å². The number of nitrogen functional groups attached to an aromatic ring is 1. The van der Waals surface area contributed by atoms with Gasteiger partial charge < -0.3 is 5.73 Å². The van der Waals surface area contributed by atoms with Crippen molar-refractivity contribution in [3.8, 4) is 0 Å². The van der Waals surface area contributed by atoms with E-state index in [9.17, 15) is 0 Å². The van der Waals surface area contributed by atoms with Crippen molar-refractivity contribution in [1.29, 1.82) is 0 Å². The Morgan fingerprint density at radius 2 is 2.45 bits per heavy atom. The fourth-order valence-corrected chi connectivity index (χ4v) is 0.904. The number of hydrogen-bond donors (Lipinski definition) is 1. The highest BCUT2D eigenvalue weighted by molar-refractivity contribution is 7.98. The van der Waals surface area contributed by atoms with E-state index in [0.29, 0.717) is 10.8 Å². The molecule has 11 heavy (non-hydrogen) atoms. The fraction of sp³-hybridized carbons (Fsp3) is 0.167. The lowest BCUT2D eigenvalue weighted by Crippen LogP contribution is -1.93. The van der Waals surface area contributed by atoms with Crippen LogP contribution in [0.25, 0.3) is 4.85 Å².